The number of furan rings is 1. The molecule has 8 heteroatoms. The first-order chi connectivity index (χ1) is 10.3. The highest BCUT2D eigenvalue weighted by Gasteiger charge is 2.25. The summed E-state index contributed by atoms with van der Waals surface area (Å²) in [5, 5.41) is 11.5. The fourth-order valence-electron chi connectivity index (χ4n) is 1.94. The molecule has 0 unspecified atom stereocenters. The molecule has 0 saturated heterocycles. The van der Waals surface area contributed by atoms with E-state index in [9.17, 15) is 14.9 Å². The molecule has 1 amide bonds. The van der Waals surface area contributed by atoms with Gasteiger partial charge in [-0.05, 0) is 30.7 Å². The average Bonchev–Trinajstić information content (AvgIpc) is 2.95. The zero-order valence-electron chi connectivity index (χ0n) is 11.7. The molecule has 2 aromatic rings. The Kier molecular flexibility index (Phi) is 4.73. The molecule has 0 N–H and O–H groups in total. The molecule has 0 fully saturated rings. The molecule has 1 aromatic carbocycles. The quantitative estimate of drug-likeness (QED) is 0.612. The standard InChI is InChI=1S/C14H12Cl2N2O4/c1-8(10-4-3-9(15)7-11(10)16)17(2)14(19)12-5-6-13(22-12)18(20)21/h3-8H,1-2H3/t8-/m1/s1. The Morgan fingerprint density at radius 3 is 2.55 bits per heavy atom. The summed E-state index contributed by atoms with van der Waals surface area (Å²) in [6.45, 7) is 1.78. The summed E-state index contributed by atoms with van der Waals surface area (Å²) in [5.74, 6) is -1.06. The summed E-state index contributed by atoms with van der Waals surface area (Å²) in [5.41, 5.74) is 0.711. The Morgan fingerprint density at radius 1 is 1.32 bits per heavy atom. The van der Waals surface area contributed by atoms with E-state index < -0.39 is 16.7 Å². The monoisotopic (exact) mass is 342 g/mol. The van der Waals surface area contributed by atoms with E-state index in [2.05, 4.69) is 0 Å². The highest BCUT2D eigenvalue weighted by atomic mass is 35.5. The second-order valence-corrected chi connectivity index (χ2v) is 5.50. The smallest absolute Gasteiger partial charge is 0.395 e. The van der Waals surface area contributed by atoms with E-state index >= 15 is 0 Å². The minimum Gasteiger partial charge on any atom is -0.395 e. The first-order valence-electron chi connectivity index (χ1n) is 6.27. The zero-order valence-corrected chi connectivity index (χ0v) is 13.3. The van der Waals surface area contributed by atoms with E-state index in [4.69, 9.17) is 27.6 Å². The van der Waals surface area contributed by atoms with Gasteiger partial charge >= 0.3 is 5.88 Å². The van der Waals surface area contributed by atoms with Gasteiger partial charge in [-0.2, -0.15) is 0 Å². The SMILES string of the molecule is C[C@H](c1ccc(Cl)cc1Cl)N(C)C(=O)c1ccc([N+](=O)[O-])o1. The van der Waals surface area contributed by atoms with Crippen LogP contribution in [0.25, 0.3) is 0 Å². The van der Waals surface area contributed by atoms with Crippen LogP contribution in [-0.4, -0.2) is 22.8 Å². The van der Waals surface area contributed by atoms with Crippen LogP contribution in [0.4, 0.5) is 5.88 Å². The number of carbonyl (C=O) groups is 1. The first kappa shape index (κ1) is 16.3. The van der Waals surface area contributed by atoms with Crippen molar-refractivity contribution < 1.29 is 14.1 Å². The van der Waals surface area contributed by atoms with Crippen molar-refractivity contribution in [3.8, 4) is 0 Å². The van der Waals surface area contributed by atoms with Crippen LogP contribution >= 0.6 is 23.2 Å². The minimum atomic E-state index is -0.698. The van der Waals surface area contributed by atoms with Crippen LogP contribution < -0.4 is 0 Å². The third-order valence-corrected chi connectivity index (χ3v) is 3.86. The second-order valence-electron chi connectivity index (χ2n) is 4.65. The van der Waals surface area contributed by atoms with Crippen LogP contribution in [0.1, 0.15) is 29.1 Å². The zero-order chi connectivity index (χ0) is 16.4. The molecule has 0 saturated carbocycles. The topological polar surface area (TPSA) is 76.6 Å². The summed E-state index contributed by atoms with van der Waals surface area (Å²) < 4.78 is 4.92. The second kappa shape index (κ2) is 6.37. The maximum atomic E-state index is 12.3. The number of nitrogens with zero attached hydrogens (tertiary/aromatic N) is 2. The van der Waals surface area contributed by atoms with E-state index in [1.54, 1.807) is 32.2 Å². The summed E-state index contributed by atoms with van der Waals surface area (Å²) in [6, 6.07) is 7.04. The highest BCUT2D eigenvalue weighted by Crippen LogP contribution is 2.30. The lowest BCUT2D eigenvalue weighted by molar-refractivity contribution is -0.402. The van der Waals surface area contributed by atoms with Gasteiger partial charge < -0.3 is 9.32 Å². The Labute approximate surface area is 136 Å². The fourth-order valence-corrected chi connectivity index (χ4v) is 2.51. The maximum absolute atomic E-state index is 12.3. The number of hydrogen-bond acceptors (Lipinski definition) is 4. The third-order valence-electron chi connectivity index (χ3n) is 3.30. The van der Waals surface area contributed by atoms with Gasteiger partial charge in [0.05, 0.1) is 12.1 Å². The Balaban J connectivity index is 2.23. The predicted molar refractivity (Wildman–Crippen MR) is 82.3 cm³/mol. The number of amides is 1. The molecule has 1 heterocycles. The first-order valence-corrected chi connectivity index (χ1v) is 7.03. The van der Waals surface area contributed by atoms with Gasteiger partial charge in [-0.15, -0.1) is 0 Å². The van der Waals surface area contributed by atoms with Crippen molar-refractivity contribution in [2.45, 2.75) is 13.0 Å². The third kappa shape index (κ3) is 3.23. The molecular formula is C14H12Cl2N2O4. The van der Waals surface area contributed by atoms with Crippen molar-refractivity contribution in [1.82, 2.24) is 4.90 Å². The van der Waals surface area contributed by atoms with Crippen LogP contribution in [0, 0.1) is 10.1 Å². The summed E-state index contributed by atoms with van der Waals surface area (Å²) in [4.78, 5) is 23.6. The summed E-state index contributed by atoms with van der Waals surface area (Å²) >= 11 is 12.0. The van der Waals surface area contributed by atoms with E-state index in [1.165, 1.54) is 11.0 Å². The molecule has 0 aliphatic heterocycles. The molecule has 1 aromatic heterocycles. The Bertz CT molecular complexity index is 729. The Hall–Kier alpha value is -2.05. The van der Waals surface area contributed by atoms with Gasteiger partial charge in [0.25, 0.3) is 5.91 Å². The maximum Gasteiger partial charge on any atom is 0.433 e. The van der Waals surface area contributed by atoms with Gasteiger partial charge in [0.1, 0.15) is 4.92 Å². The predicted octanol–water partition coefficient (Wildman–Crippen LogP) is 4.33. The minimum absolute atomic E-state index is 0.105. The van der Waals surface area contributed by atoms with Crippen molar-refractivity contribution in [3.05, 3.63) is 61.8 Å². The fraction of sp³-hybridized carbons (Fsp3) is 0.214. The molecule has 0 aliphatic carbocycles. The molecule has 0 spiro atoms. The van der Waals surface area contributed by atoms with Crippen molar-refractivity contribution in [2.24, 2.45) is 0 Å². The van der Waals surface area contributed by atoms with Crippen molar-refractivity contribution in [1.29, 1.82) is 0 Å². The van der Waals surface area contributed by atoms with Crippen LogP contribution in [-0.2, 0) is 0 Å². The average molecular weight is 343 g/mol. The van der Waals surface area contributed by atoms with E-state index in [1.807, 2.05) is 0 Å². The van der Waals surface area contributed by atoms with Crippen molar-refractivity contribution in [2.75, 3.05) is 7.05 Å². The van der Waals surface area contributed by atoms with Crippen LogP contribution in [0.15, 0.2) is 34.7 Å². The van der Waals surface area contributed by atoms with Gasteiger partial charge in [-0.3, -0.25) is 14.9 Å². The van der Waals surface area contributed by atoms with Gasteiger partial charge in [0, 0.05) is 17.1 Å². The number of benzene rings is 1. The van der Waals surface area contributed by atoms with Crippen LogP contribution in [0.5, 0.6) is 0 Å². The molecule has 116 valence electrons. The summed E-state index contributed by atoms with van der Waals surface area (Å²) in [7, 11) is 1.56. The lowest BCUT2D eigenvalue weighted by Gasteiger charge is -2.25. The lowest BCUT2D eigenvalue weighted by atomic mass is 10.1. The highest BCUT2D eigenvalue weighted by molar-refractivity contribution is 6.35. The summed E-state index contributed by atoms with van der Waals surface area (Å²) in [6.07, 6.45) is 0. The normalized spacial score (nSPS) is 12.0. The van der Waals surface area contributed by atoms with E-state index in [0.717, 1.165) is 6.07 Å². The number of hydrogen-bond donors (Lipinski definition) is 0. The van der Waals surface area contributed by atoms with E-state index in [-0.39, 0.29) is 11.8 Å². The van der Waals surface area contributed by atoms with Crippen LogP contribution in [0.3, 0.4) is 0 Å². The Morgan fingerprint density at radius 2 is 2.00 bits per heavy atom. The molecular weight excluding hydrogens is 331 g/mol. The molecule has 0 aliphatic rings. The molecule has 6 nitrogen and oxygen atoms in total. The number of nitro groups is 1. The molecule has 22 heavy (non-hydrogen) atoms. The lowest BCUT2D eigenvalue weighted by Crippen LogP contribution is -2.29. The molecule has 1 atom stereocenters. The van der Waals surface area contributed by atoms with Gasteiger partial charge in [-0.25, -0.2) is 0 Å². The number of carbonyl (C=O) groups excluding carboxylic acids is 1. The number of rotatable bonds is 4. The van der Waals surface area contributed by atoms with E-state index in [0.29, 0.717) is 15.6 Å². The largest absolute Gasteiger partial charge is 0.433 e. The van der Waals surface area contributed by atoms with Crippen molar-refractivity contribution in [3.63, 3.8) is 0 Å². The van der Waals surface area contributed by atoms with Gasteiger partial charge in [0.15, 0.2) is 5.76 Å². The van der Waals surface area contributed by atoms with Crippen molar-refractivity contribution >= 4 is 35.0 Å². The molecule has 0 bridgehead atoms. The molecule has 0 radical (unpaired) electrons. The van der Waals surface area contributed by atoms with Gasteiger partial charge in [-0.1, -0.05) is 29.3 Å². The molecule has 2 rings (SSSR count). The van der Waals surface area contributed by atoms with Gasteiger partial charge in [0.2, 0.25) is 0 Å². The van der Waals surface area contributed by atoms with Crippen LogP contribution in [0.2, 0.25) is 10.0 Å². The number of halogens is 2.